The fourth-order valence-corrected chi connectivity index (χ4v) is 1.56. The Morgan fingerprint density at radius 1 is 1.00 bits per heavy atom. The molecule has 2 N–H and O–H groups in total. The van der Waals surface area contributed by atoms with Gasteiger partial charge in [-0.25, -0.2) is 0 Å². The summed E-state index contributed by atoms with van der Waals surface area (Å²) < 4.78 is 5.08. The normalized spacial score (nSPS) is 11.8. The standard InChI is InChI=1S/C14H13NO3/c1-2-18-14-9-5-12(6-10-14)15(17)11-3-7-13(16)8-4-11/h2-10,15-16H,1H2. The first-order valence-corrected chi connectivity index (χ1v) is 5.42. The van der Waals surface area contributed by atoms with Crippen LogP contribution in [0.1, 0.15) is 0 Å². The molecule has 2 rings (SSSR count). The van der Waals surface area contributed by atoms with E-state index in [4.69, 9.17) is 9.84 Å². The van der Waals surface area contributed by atoms with Gasteiger partial charge in [0, 0.05) is 24.3 Å². The Morgan fingerprint density at radius 2 is 1.50 bits per heavy atom. The van der Waals surface area contributed by atoms with Crippen LogP contribution in [0.15, 0.2) is 61.4 Å². The van der Waals surface area contributed by atoms with Crippen molar-refractivity contribution in [2.45, 2.75) is 0 Å². The molecular weight excluding hydrogens is 230 g/mol. The molecule has 0 bridgehead atoms. The van der Waals surface area contributed by atoms with Gasteiger partial charge in [-0.3, -0.25) is 0 Å². The number of aromatic hydroxyl groups is 1. The van der Waals surface area contributed by atoms with Crippen molar-refractivity contribution in [2.24, 2.45) is 0 Å². The van der Waals surface area contributed by atoms with Gasteiger partial charge in [-0.2, -0.15) is 0 Å². The number of nitrogens with one attached hydrogen (secondary N) is 1. The van der Waals surface area contributed by atoms with Crippen molar-refractivity contribution in [3.8, 4) is 11.5 Å². The van der Waals surface area contributed by atoms with Gasteiger partial charge >= 0.3 is 0 Å². The molecule has 0 fully saturated rings. The minimum absolute atomic E-state index is 0.0971. The molecule has 2 aromatic rings. The summed E-state index contributed by atoms with van der Waals surface area (Å²) in [6.45, 7) is 3.46. The quantitative estimate of drug-likeness (QED) is 0.492. The maximum atomic E-state index is 12.1. The van der Waals surface area contributed by atoms with Gasteiger partial charge in [-0.1, -0.05) is 6.58 Å². The molecular formula is C14H13NO3. The fraction of sp³-hybridized carbons (Fsp3) is 0. The van der Waals surface area contributed by atoms with E-state index in [9.17, 15) is 5.21 Å². The van der Waals surface area contributed by atoms with E-state index in [0.717, 1.165) is 0 Å². The van der Waals surface area contributed by atoms with Crippen molar-refractivity contribution in [3.63, 3.8) is 0 Å². The van der Waals surface area contributed by atoms with E-state index in [0.29, 0.717) is 17.1 Å². The number of benzene rings is 2. The van der Waals surface area contributed by atoms with E-state index in [1.54, 1.807) is 36.4 Å². The largest absolute Gasteiger partial charge is 0.623 e. The second kappa shape index (κ2) is 5.35. The number of phenolic OH excluding ortho intramolecular Hbond substituents is 1. The summed E-state index contributed by atoms with van der Waals surface area (Å²) in [4.78, 5) is 0. The van der Waals surface area contributed by atoms with E-state index in [-0.39, 0.29) is 10.8 Å². The van der Waals surface area contributed by atoms with Crippen molar-refractivity contribution in [1.29, 1.82) is 0 Å². The predicted molar refractivity (Wildman–Crippen MR) is 69.0 cm³/mol. The lowest BCUT2D eigenvalue weighted by atomic mass is 10.2. The summed E-state index contributed by atoms with van der Waals surface area (Å²) in [5.74, 6) is 0.772. The molecule has 92 valence electrons. The van der Waals surface area contributed by atoms with Crippen LogP contribution in [0.5, 0.6) is 11.5 Å². The van der Waals surface area contributed by atoms with Gasteiger partial charge in [-0.05, 0) is 24.3 Å². The predicted octanol–water partition coefficient (Wildman–Crippen LogP) is 2.26. The Kier molecular flexibility index (Phi) is 3.62. The number of hydrogen-bond acceptors (Lipinski definition) is 3. The Hall–Kier alpha value is -2.30. The van der Waals surface area contributed by atoms with Crippen LogP contribution in [0.4, 0.5) is 11.4 Å². The van der Waals surface area contributed by atoms with Crippen LogP contribution in [-0.4, -0.2) is 5.11 Å². The first kappa shape index (κ1) is 12.2. The molecule has 0 aromatic heterocycles. The molecule has 2 aromatic carbocycles. The SMILES string of the molecule is C=COc1ccc([NH+]([O-])c2ccc(O)cc2)cc1. The highest BCUT2D eigenvalue weighted by Gasteiger charge is 2.06. The van der Waals surface area contributed by atoms with Crippen LogP contribution in [-0.2, 0) is 0 Å². The van der Waals surface area contributed by atoms with Gasteiger partial charge in [0.2, 0.25) is 0 Å². The van der Waals surface area contributed by atoms with Crippen LogP contribution in [0.25, 0.3) is 0 Å². The summed E-state index contributed by atoms with van der Waals surface area (Å²) >= 11 is 0. The van der Waals surface area contributed by atoms with Gasteiger partial charge in [0.15, 0.2) is 0 Å². The van der Waals surface area contributed by atoms with Gasteiger partial charge in [0.25, 0.3) is 0 Å². The number of ether oxygens (including phenoxy) is 1. The topological polar surface area (TPSA) is 57.0 Å². The van der Waals surface area contributed by atoms with Crippen molar-refractivity contribution < 1.29 is 14.9 Å². The van der Waals surface area contributed by atoms with E-state index in [1.165, 1.54) is 18.4 Å². The molecule has 18 heavy (non-hydrogen) atoms. The molecule has 1 unspecified atom stereocenters. The molecule has 0 aliphatic carbocycles. The monoisotopic (exact) mass is 243 g/mol. The van der Waals surface area contributed by atoms with E-state index in [2.05, 4.69) is 6.58 Å². The average molecular weight is 243 g/mol. The highest BCUT2D eigenvalue weighted by Crippen LogP contribution is 2.16. The Balaban J connectivity index is 2.20. The zero-order valence-electron chi connectivity index (χ0n) is 9.67. The lowest BCUT2D eigenvalue weighted by Gasteiger charge is -2.21. The molecule has 0 saturated heterocycles. The van der Waals surface area contributed by atoms with Crippen molar-refractivity contribution in [1.82, 2.24) is 0 Å². The summed E-state index contributed by atoms with van der Waals surface area (Å²) in [5, 5.41) is 21.2. The Labute approximate surface area is 105 Å². The smallest absolute Gasteiger partial charge is 0.136 e. The number of phenols is 1. The van der Waals surface area contributed by atoms with Crippen LogP contribution < -0.4 is 9.80 Å². The van der Waals surface area contributed by atoms with Crippen LogP contribution in [0.3, 0.4) is 0 Å². The fourth-order valence-electron chi connectivity index (χ4n) is 1.56. The maximum Gasteiger partial charge on any atom is 0.136 e. The first-order chi connectivity index (χ1) is 8.70. The Bertz CT molecular complexity index is 520. The van der Waals surface area contributed by atoms with Crippen LogP contribution in [0.2, 0.25) is 0 Å². The van der Waals surface area contributed by atoms with Gasteiger partial charge < -0.3 is 20.1 Å². The zero-order valence-corrected chi connectivity index (χ0v) is 9.67. The van der Waals surface area contributed by atoms with Crippen molar-refractivity contribution in [2.75, 3.05) is 0 Å². The van der Waals surface area contributed by atoms with Gasteiger partial charge in [0.05, 0.1) is 6.26 Å². The van der Waals surface area contributed by atoms with Crippen molar-refractivity contribution in [3.05, 3.63) is 66.6 Å². The lowest BCUT2D eigenvalue weighted by Crippen LogP contribution is -2.96. The van der Waals surface area contributed by atoms with Crippen LogP contribution in [0, 0.1) is 5.21 Å². The Morgan fingerprint density at radius 3 is 2.00 bits per heavy atom. The second-order valence-corrected chi connectivity index (χ2v) is 3.68. The highest BCUT2D eigenvalue weighted by molar-refractivity contribution is 5.42. The highest BCUT2D eigenvalue weighted by atomic mass is 16.5. The third-order valence-corrected chi connectivity index (χ3v) is 2.47. The van der Waals surface area contributed by atoms with E-state index < -0.39 is 0 Å². The molecule has 0 aliphatic rings. The molecule has 4 heteroatoms. The minimum atomic E-state index is -0.0971. The number of quaternary nitrogens is 1. The summed E-state index contributed by atoms with van der Waals surface area (Å²) in [6.07, 6.45) is 1.33. The third-order valence-electron chi connectivity index (χ3n) is 2.47. The first-order valence-electron chi connectivity index (χ1n) is 5.42. The minimum Gasteiger partial charge on any atom is -0.623 e. The van der Waals surface area contributed by atoms with Crippen LogP contribution >= 0.6 is 0 Å². The van der Waals surface area contributed by atoms with Crippen molar-refractivity contribution >= 4 is 11.4 Å². The zero-order chi connectivity index (χ0) is 13.0. The second-order valence-electron chi connectivity index (χ2n) is 3.68. The third kappa shape index (κ3) is 2.68. The number of hydrogen-bond donors (Lipinski definition) is 2. The van der Waals surface area contributed by atoms with E-state index in [1.807, 2.05) is 0 Å². The van der Waals surface area contributed by atoms with E-state index >= 15 is 0 Å². The average Bonchev–Trinajstić information content (AvgIpc) is 2.40. The molecule has 0 radical (unpaired) electrons. The molecule has 0 saturated carbocycles. The molecule has 0 aliphatic heterocycles. The molecule has 0 spiro atoms. The van der Waals surface area contributed by atoms with Gasteiger partial charge in [0.1, 0.15) is 22.9 Å². The molecule has 0 amide bonds. The molecule has 0 heterocycles. The summed E-state index contributed by atoms with van der Waals surface area (Å²) in [7, 11) is 0. The molecule has 1 atom stereocenters. The molecule has 4 nitrogen and oxygen atoms in total. The number of rotatable bonds is 4. The summed E-state index contributed by atoms with van der Waals surface area (Å²) in [5.41, 5.74) is 1.10. The maximum absolute atomic E-state index is 12.1. The van der Waals surface area contributed by atoms with Gasteiger partial charge in [-0.15, -0.1) is 0 Å². The lowest BCUT2D eigenvalue weighted by molar-refractivity contribution is -0.698. The summed E-state index contributed by atoms with van der Waals surface area (Å²) in [6, 6.07) is 12.9.